The minimum Gasteiger partial charge on any atom is -0.496 e. The molecule has 0 aliphatic rings. The Morgan fingerprint density at radius 1 is 1.18 bits per heavy atom. The van der Waals surface area contributed by atoms with Crippen LogP contribution in [0.1, 0.15) is 57.4 Å². The van der Waals surface area contributed by atoms with E-state index in [1.165, 1.54) is 5.56 Å². The Labute approximate surface area is 137 Å². The van der Waals surface area contributed by atoms with Crippen LogP contribution >= 0.6 is 0 Å². The van der Waals surface area contributed by atoms with Gasteiger partial charge in [0.1, 0.15) is 5.75 Å². The monoisotopic (exact) mass is 324 g/mol. The first-order valence-electron chi connectivity index (χ1n) is 8.09. The number of benzene rings is 1. The van der Waals surface area contributed by atoms with Crippen LogP contribution in [0.25, 0.3) is 0 Å². The lowest BCUT2D eigenvalue weighted by Gasteiger charge is -2.28. The summed E-state index contributed by atoms with van der Waals surface area (Å²) in [6.07, 6.45) is -0.529. The van der Waals surface area contributed by atoms with Crippen LogP contribution in [0.2, 0.25) is 13.1 Å². The second-order valence-electron chi connectivity index (χ2n) is 7.51. The molecule has 0 spiro atoms. The fourth-order valence-electron chi connectivity index (χ4n) is 2.57. The van der Waals surface area contributed by atoms with Crippen molar-refractivity contribution in [2.75, 3.05) is 7.11 Å². The minimum atomic E-state index is -1.12. The van der Waals surface area contributed by atoms with Crippen molar-refractivity contribution < 1.29 is 14.3 Å². The maximum absolute atomic E-state index is 10.5. The topological polar surface area (TPSA) is 38.7 Å². The molecule has 0 radical (unpaired) electrons. The van der Waals surface area contributed by atoms with Crippen molar-refractivity contribution in [2.45, 2.75) is 65.8 Å². The third kappa shape index (κ3) is 4.57. The molecule has 126 valence electrons. The highest BCUT2D eigenvalue weighted by Gasteiger charge is 2.26. The number of aliphatic hydroxyl groups excluding tert-OH is 1. The highest BCUT2D eigenvalue weighted by atomic mass is 28.3. The van der Waals surface area contributed by atoms with Gasteiger partial charge in [-0.25, -0.2) is 0 Å². The molecule has 1 atom stereocenters. The van der Waals surface area contributed by atoms with Gasteiger partial charge in [-0.05, 0) is 30.0 Å². The summed E-state index contributed by atoms with van der Waals surface area (Å²) in [7, 11) is 0.551. The molecule has 0 aliphatic carbocycles. The van der Waals surface area contributed by atoms with Gasteiger partial charge >= 0.3 is 0 Å². The second-order valence-corrected chi connectivity index (χ2v) is 9.94. The van der Waals surface area contributed by atoms with Crippen LogP contribution in [0.4, 0.5) is 0 Å². The quantitative estimate of drug-likeness (QED) is 0.798. The molecular weight excluding hydrogens is 292 g/mol. The molecule has 4 heteroatoms. The first-order chi connectivity index (χ1) is 10.1. The van der Waals surface area contributed by atoms with E-state index in [2.05, 4.69) is 39.9 Å². The van der Waals surface area contributed by atoms with E-state index in [9.17, 15) is 5.11 Å². The summed E-state index contributed by atoms with van der Waals surface area (Å²) in [6.45, 7) is 15.5. The lowest BCUT2D eigenvalue weighted by molar-refractivity contribution is 0.123. The van der Waals surface area contributed by atoms with Crippen LogP contribution in [-0.2, 0) is 16.4 Å². The average Bonchev–Trinajstić information content (AvgIpc) is 2.41. The van der Waals surface area contributed by atoms with Gasteiger partial charge in [-0.3, -0.25) is 0 Å². The molecule has 1 aromatic carbocycles. The van der Waals surface area contributed by atoms with Gasteiger partial charge in [-0.1, -0.05) is 46.8 Å². The van der Waals surface area contributed by atoms with Crippen molar-refractivity contribution >= 4 is 9.04 Å². The fraction of sp³-hybridized carbons (Fsp3) is 0.667. The van der Waals surface area contributed by atoms with Gasteiger partial charge in [-0.15, -0.1) is 0 Å². The average molecular weight is 325 g/mol. The Hall–Kier alpha value is -0.843. The third-order valence-corrected chi connectivity index (χ3v) is 4.65. The molecule has 1 rings (SSSR count). The van der Waals surface area contributed by atoms with E-state index in [-0.39, 0.29) is 11.3 Å². The van der Waals surface area contributed by atoms with Crippen LogP contribution in [0.5, 0.6) is 5.75 Å². The zero-order chi connectivity index (χ0) is 17.1. The summed E-state index contributed by atoms with van der Waals surface area (Å²) < 4.78 is 11.7. The number of ether oxygens (including phenoxy) is 1. The molecular formula is C18H32O3Si. The molecule has 0 aliphatic heterocycles. The van der Waals surface area contributed by atoms with Crippen LogP contribution in [-0.4, -0.2) is 21.3 Å². The van der Waals surface area contributed by atoms with E-state index in [0.29, 0.717) is 6.61 Å². The second kappa shape index (κ2) is 7.62. The zero-order valence-corrected chi connectivity index (χ0v) is 16.5. The normalized spacial score (nSPS) is 13.8. The molecule has 1 N–H and O–H groups in total. The Balaban J connectivity index is 3.44. The summed E-state index contributed by atoms with van der Waals surface area (Å²) in [5, 5.41) is 10.5. The minimum absolute atomic E-state index is 0.00578. The van der Waals surface area contributed by atoms with E-state index >= 15 is 0 Å². The number of methoxy groups -OCH3 is 1. The first-order valence-corrected chi connectivity index (χ1v) is 10.9. The number of hydrogen-bond donors (Lipinski definition) is 1. The van der Waals surface area contributed by atoms with Gasteiger partial charge in [0.25, 0.3) is 0 Å². The smallest absolute Gasteiger partial charge is 0.171 e. The van der Waals surface area contributed by atoms with Crippen molar-refractivity contribution in [3.63, 3.8) is 0 Å². The first kappa shape index (κ1) is 19.2. The predicted octanol–water partition coefficient (Wildman–Crippen LogP) is 4.18. The summed E-state index contributed by atoms with van der Waals surface area (Å²) in [6, 6.07) is 4.12. The predicted molar refractivity (Wildman–Crippen MR) is 95.2 cm³/mol. The van der Waals surface area contributed by atoms with Gasteiger partial charge in [0.05, 0.1) is 19.8 Å². The van der Waals surface area contributed by atoms with Crippen molar-refractivity contribution in [3.05, 3.63) is 28.8 Å². The molecule has 0 saturated heterocycles. The highest BCUT2D eigenvalue weighted by molar-refractivity contribution is 6.48. The lowest BCUT2D eigenvalue weighted by Crippen LogP contribution is -2.19. The SMILES string of the molecule is COc1c(C(O)C(C)C)ccc(C(C)(C)C)c1CO[SiH](C)C. The van der Waals surface area contributed by atoms with E-state index in [4.69, 9.17) is 9.16 Å². The molecule has 0 saturated carbocycles. The summed E-state index contributed by atoms with van der Waals surface area (Å²) in [5.74, 6) is 0.922. The largest absolute Gasteiger partial charge is 0.496 e. The van der Waals surface area contributed by atoms with Gasteiger partial charge < -0.3 is 14.3 Å². The maximum atomic E-state index is 10.5. The lowest BCUT2D eigenvalue weighted by atomic mass is 9.81. The Morgan fingerprint density at radius 3 is 2.18 bits per heavy atom. The molecule has 0 fully saturated rings. The van der Waals surface area contributed by atoms with Crippen molar-refractivity contribution in [1.82, 2.24) is 0 Å². The Kier molecular flexibility index (Phi) is 6.65. The van der Waals surface area contributed by atoms with E-state index in [0.717, 1.165) is 16.9 Å². The van der Waals surface area contributed by atoms with Crippen molar-refractivity contribution in [2.24, 2.45) is 5.92 Å². The molecule has 1 aromatic rings. The van der Waals surface area contributed by atoms with E-state index < -0.39 is 15.1 Å². The Bertz CT molecular complexity index is 490. The van der Waals surface area contributed by atoms with Gasteiger partial charge in [0.15, 0.2) is 9.04 Å². The summed E-state index contributed by atoms with van der Waals surface area (Å²) in [4.78, 5) is 0. The van der Waals surface area contributed by atoms with Crippen molar-refractivity contribution in [1.29, 1.82) is 0 Å². The van der Waals surface area contributed by atoms with Crippen LogP contribution < -0.4 is 4.74 Å². The Morgan fingerprint density at radius 2 is 1.77 bits per heavy atom. The van der Waals surface area contributed by atoms with Crippen molar-refractivity contribution in [3.8, 4) is 5.75 Å². The van der Waals surface area contributed by atoms with Crippen LogP contribution in [0.15, 0.2) is 12.1 Å². The summed E-state index contributed by atoms with van der Waals surface area (Å²) >= 11 is 0. The number of hydrogen-bond acceptors (Lipinski definition) is 3. The standard InChI is InChI=1S/C18H32O3Si/c1-12(2)16(19)13-9-10-15(18(3,4)5)14(17(13)20-6)11-21-22(7)8/h9-10,12,16,19,22H,11H2,1-8H3. The van der Waals surface area contributed by atoms with Gasteiger partial charge in [-0.2, -0.15) is 0 Å². The number of aliphatic hydroxyl groups is 1. The molecule has 22 heavy (non-hydrogen) atoms. The van der Waals surface area contributed by atoms with Crippen LogP contribution in [0.3, 0.4) is 0 Å². The summed E-state index contributed by atoms with van der Waals surface area (Å²) in [5.41, 5.74) is 3.16. The molecule has 1 unspecified atom stereocenters. The highest BCUT2D eigenvalue weighted by Crippen LogP contribution is 2.39. The molecule has 0 aromatic heterocycles. The molecule has 0 bridgehead atoms. The fourth-order valence-corrected chi connectivity index (χ4v) is 3.07. The van der Waals surface area contributed by atoms with E-state index in [1.54, 1.807) is 7.11 Å². The molecule has 0 amide bonds. The van der Waals surface area contributed by atoms with Gasteiger partial charge in [0.2, 0.25) is 0 Å². The molecule has 0 heterocycles. The van der Waals surface area contributed by atoms with Gasteiger partial charge in [0, 0.05) is 11.1 Å². The zero-order valence-electron chi connectivity index (χ0n) is 15.4. The number of rotatable bonds is 6. The van der Waals surface area contributed by atoms with E-state index in [1.807, 2.05) is 19.9 Å². The van der Waals surface area contributed by atoms with Crippen LogP contribution in [0, 0.1) is 5.92 Å². The third-order valence-electron chi connectivity index (χ3n) is 3.81. The maximum Gasteiger partial charge on any atom is 0.171 e. The molecule has 3 nitrogen and oxygen atoms in total.